The van der Waals surface area contributed by atoms with Gasteiger partial charge in [0.1, 0.15) is 11.6 Å². The number of hydrogen-bond acceptors (Lipinski definition) is 5. The maximum atomic E-state index is 13.2. The third kappa shape index (κ3) is 4.47. The quantitative estimate of drug-likeness (QED) is 0.596. The number of halogens is 3. The number of hydrogen-bond donors (Lipinski definition) is 0. The molecule has 0 spiro atoms. The van der Waals surface area contributed by atoms with Gasteiger partial charge in [0.15, 0.2) is 0 Å². The molecule has 1 fully saturated rings. The third-order valence-electron chi connectivity index (χ3n) is 3.35. The molecule has 0 aliphatic carbocycles. The van der Waals surface area contributed by atoms with Crippen molar-refractivity contribution in [2.24, 2.45) is 0 Å². The molecule has 2 heterocycles. The topological polar surface area (TPSA) is 38.2 Å². The monoisotopic (exact) mass is 373 g/mol. The predicted octanol–water partition coefficient (Wildman–Crippen LogP) is 4.05. The van der Waals surface area contributed by atoms with E-state index in [1.807, 2.05) is 6.07 Å². The molecule has 1 aromatic carbocycles. The van der Waals surface area contributed by atoms with Crippen LogP contribution in [0.3, 0.4) is 0 Å². The van der Waals surface area contributed by atoms with Gasteiger partial charge in [0.25, 0.3) is 0 Å². The van der Waals surface area contributed by atoms with E-state index in [9.17, 15) is 4.39 Å². The summed E-state index contributed by atoms with van der Waals surface area (Å²) in [5, 5.41) is 0.339. The lowest BCUT2D eigenvalue weighted by Crippen LogP contribution is -2.36. The molecule has 0 bridgehead atoms. The van der Waals surface area contributed by atoms with Crippen molar-refractivity contribution in [3.05, 3.63) is 46.1 Å². The summed E-state index contributed by atoms with van der Waals surface area (Å²) < 4.78 is 18.5. The van der Waals surface area contributed by atoms with Crippen LogP contribution in [0, 0.1) is 5.82 Å². The van der Waals surface area contributed by atoms with Crippen molar-refractivity contribution in [3.8, 4) is 0 Å². The highest BCUT2D eigenvalue weighted by Gasteiger charge is 2.14. The highest BCUT2D eigenvalue weighted by atomic mass is 35.5. The predicted molar refractivity (Wildman–Crippen MR) is 91.0 cm³/mol. The number of morpholine rings is 1. The summed E-state index contributed by atoms with van der Waals surface area (Å²) in [4.78, 5) is 11.5. The van der Waals surface area contributed by atoms with E-state index in [-0.39, 0.29) is 10.3 Å². The van der Waals surface area contributed by atoms with Gasteiger partial charge in [-0.1, -0.05) is 11.6 Å². The Morgan fingerprint density at radius 2 is 1.96 bits per heavy atom. The Hall–Kier alpha value is -1.08. The first kappa shape index (κ1) is 16.8. The van der Waals surface area contributed by atoms with Crippen molar-refractivity contribution < 1.29 is 9.13 Å². The van der Waals surface area contributed by atoms with Gasteiger partial charge in [0, 0.05) is 29.8 Å². The lowest BCUT2D eigenvalue weighted by molar-refractivity contribution is 0.122. The summed E-state index contributed by atoms with van der Waals surface area (Å²) in [5.41, 5.74) is 0.817. The standard InChI is InChI=1S/C15H14Cl2FN3OS/c16-12-8-11(1-2-13(12)18)23-9-10-7-14(20-15(17)19-10)21-3-5-22-6-4-21/h1-2,7-8H,3-6,9H2. The van der Waals surface area contributed by atoms with Gasteiger partial charge >= 0.3 is 0 Å². The highest BCUT2D eigenvalue weighted by Crippen LogP contribution is 2.27. The molecule has 2 aromatic rings. The van der Waals surface area contributed by atoms with Gasteiger partial charge in [-0.15, -0.1) is 11.8 Å². The minimum Gasteiger partial charge on any atom is -0.378 e. The first-order valence-electron chi connectivity index (χ1n) is 7.06. The van der Waals surface area contributed by atoms with Crippen LogP contribution in [0.2, 0.25) is 10.3 Å². The van der Waals surface area contributed by atoms with E-state index in [1.165, 1.54) is 17.8 Å². The van der Waals surface area contributed by atoms with E-state index in [1.54, 1.807) is 12.1 Å². The molecule has 8 heteroatoms. The largest absolute Gasteiger partial charge is 0.378 e. The van der Waals surface area contributed by atoms with Crippen molar-refractivity contribution in [2.45, 2.75) is 10.6 Å². The van der Waals surface area contributed by atoms with Crippen LogP contribution in [0.4, 0.5) is 10.2 Å². The second-order valence-electron chi connectivity index (χ2n) is 4.95. The van der Waals surface area contributed by atoms with E-state index in [0.29, 0.717) is 19.0 Å². The molecule has 1 aliphatic rings. The molecule has 122 valence electrons. The smallest absolute Gasteiger partial charge is 0.224 e. The van der Waals surface area contributed by atoms with Crippen LogP contribution in [0.1, 0.15) is 5.69 Å². The summed E-state index contributed by atoms with van der Waals surface area (Å²) >= 11 is 13.3. The lowest BCUT2D eigenvalue weighted by Gasteiger charge is -2.28. The molecule has 1 saturated heterocycles. The zero-order valence-electron chi connectivity index (χ0n) is 12.1. The molecular weight excluding hydrogens is 360 g/mol. The molecule has 0 atom stereocenters. The second kappa shape index (κ2) is 7.66. The molecule has 4 nitrogen and oxygen atoms in total. The van der Waals surface area contributed by atoms with Gasteiger partial charge < -0.3 is 9.64 Å². The van der Waals surface area contributed by atoms with Crippen LogP contribution < -0.4 is 4.90 Å². The highest BCUT2D eigenvalue weighted by molar-refractivity contribution is 7.98. The molecule has 1 aromatic heterocycles. The summed E-state index contributed by atoms with van der Waals surface area (Å²) in [6.07, 6.45) is 0. The van der Waals surface area contributed by atoms with Crippen LogP contribution in [0.25, 0.3) is 0 Å². The van der Waals surface area contributed by atoms with E-state index in [2.05, 4.69) is 14.9 Å². The normalized spacial score (nSPS) is 15.0. The number of nitrogens with zero attached hydrogens (tertiary/aromatic N) is 3. The summed E-state index contributed by atoms with van der Waals surface area (Å²) in [5.74, 6) is 0.985. The Morgan fingerprint density at radius 3 is 2.70 bits per heavy atom. The molecular formula is C15H14Cl2FN3OS. The average Bonchev–Trinajstić information content (AvgIpc) is 2.56. The molecule has 23 heavy (non-hydrogen) atoms. The zero-order valence-corrected chi connectivity index (χ0v) is 14.5. The van der Waals surface area contributed by atoms with Gasteiger partial charge in [0.2, 0.25) is 5.28 Å². The molecule has 3 rings (SSSR count). The number of rotatable bonds is 4. The summed E-state index contributed by atoms with van der Waals surface area (Å²) in [6.45, 7) is 2.93. The van der Waals surface area contributed by atoms with E-state index in [4.69, 9.17) is 27.9 Å². The summed E-state index contributed by atoms with van der Waals surface area (Å²) in [6, 6.07) is 6.58. The van der Waals surface area contributed by atoms with Crippen molar-refractivity contribution in [3.63, 3.8) is 0 Å². The Labute approximate surface area is 148 Å². The molecule has 0 N–H and O–H groups in total. The minimum atomic E-state index is -0.421. The Morgan fingerprint density at radius 1 is 1.17 bits per heavy atom. The Bertz CT molecular complexity index is 698. The number of thioether (sulfide) groups is 1. The van der Waals surface area contributed by atoms with E-state index in [0.717, 1.165) is 29.5 Å². The third-order valence-corrected chi connectivity index (χ3v) is 4.84. The first-order valence-corrected chi connectivity index (χ1v) is 8.80. The minimum absolute atomic E-state index is 0.115. The number of anilines is 1. The fraction of sp³-hybridized carbons (Fsp3) is 0.333. The van der Waals surface area contributed by atoms with Crippen molar-refractivity contribution in [1.82, 2.24) is 9.97 Å². The maximum absolute atomic E-state index is 13.2. The van der Waals surface area contributed by atoms with Gasteiger partial charge in [0.05, 0.1) is 23.9 Å². The molecule has 0 unspecified atom stereocenters. The molecule has 0 radical (unpaired) electrons. The SMILES string of the molecule is Fc1ccc(SCc2cc(N3CCOCC3)nc(Cl)n2)cc1Cl. The number of aromatic nitrogens is 2. The van der Waals surface area contributed by atoms with E-state index < -0.39 is 5.82 Å². The fourth-order valence-corrected chi connectivity index (χ4v) is 3.47. The van der Waals surface area contributed by atoms with Crippen LogP contribution in [0.5, 0.6) is 0 Å². The van der Waals surface area contributed by atoms with Crippen LogP contribution >= 0.6 is 35.0 Å². The summed E-state index contributed by atoms with van der Waals surface area (Å²) in [7, 11) is 0. The Balaban J connectivity index is 1.71. The van der Waals surface area contributed by atoms with Gasteiger partial charge in [-0.25, -0.2) is 14.4 Å². The van der Waals surface area contributed by atoms with Crippen molar-refractivity contribution in [2.75, 3.05) is 31.2 Å². The average molecular weight is 374 g/mol. The number of benzene rings is 1. The van der Waals surface area contributed by atoms with Crippen molar-refractivity contribution in [1.29, 1.82) is 0 Å². The van der Waals surface area contributed by atoms with Gasteiger partial charge in [-0.05, 0) is 29.8 Å². The van der Waals surface area contributed by atoms with Crippen LogP contribution in [-0.2, 0) is 10.5 Å². The zero-order chi connectivity index (χ0) is 16.2. The van der Waals surface area contributed by atoms with Crippen molar-refractivity contribution >= 4 is 40.8 Å². The van der Waals surface area contributed by atoms with E-state index >= 15 is 0 Å². The van der Waals surface area contributed by atoms with Gasteiger partial charge in [-0.3, -0.25) is 0 Å². The van der Waals surface area contributed by atoms with Crippen LogP contribution in [-0.4, -0.2) is 36.3 Å². The molecule has 0 saturated carbocycles. The van der Waals surface area contributed by atoms with Crippen LogP contribution in [0.15, 0.2) is 29.2 Å². The maximum Gasteiger partial charge on any atom is 0.224 e. The second-order valence-corrected chi connectivity index (χ2v) is 6.74. The Kier molecular flexibility index (Phi) is 5.58. The fourth-order valence-electron chi connectivity index (χ4n) is 2.20. The first-order chi connectivity index (χ1) is 11.1. The molecule has 1 aliphatic heterocycles. The van der Waals surface area contributed by atoms with Gasteiger partial charge in [-0.2, -0.15) is 0 Å². The lowest BCUT2D eigenvalue weighted by atomic mass is 10.3. The number of ether oxygens (including phenoxy) is 1. The molecule has 0 amide bonds.